The Bertz CT molecular complexity index is 369. The molecule has 0 heterocycles. The number of rotatable bonds is 3. The zero-order valence-electron chi connectivity index (χ0n) is 10.8. The number of esters is 1. The number of hydrogen-bond acceptors (Lipinski definition) is 2. The molecule has 0 aliphatic rings. The first-order valence-electron chi connectivity index (χ1n) is 5.62. The predicted octanol–water partition coefficient (Wildman–Crippen LogP) is 3.46. The largest absolute Gasteiger partial charge is 0.463 e. The SMILES string of the molecule is C=C(C)C(=O)OCC.[2H]/C=C/c1ccccc1. The summed E-state index contributed by atoms with van der Waals surface area (Å²) in [6, 6.07) is 9.79. The Hall–Kier alpha value is -1.83. The Labute approximate surface area is 98.7 Å². The Balaban J connectivity index is 0.000000304. The van der Waals surface area contributed by atoms with Crippen molar-refractivity contribution < 1.29 is 10.9 Å². The maximum absolute atomic E-state index is 10.4. The van der Waals surface area contributed by atoms with Gasteiger partial charge in [0, 0.05) is 5.57 Å². The maximum atomic E-state index is 10.4. The summed E-state index contributed by atoms with van der Waals surface area (Å²) in [5.41, 5.74) is 1.53. The van der Waals surface area contributed by atoms with Gasteiger partial charge in [0.05, 0.1) is 7.98 Å². The minimum atomic E-state index is -0.312. The van der Waals surface area contributed by atoms with Crippen LogP contribution < -0.4 is 0 Å². The Morgan fingerprint density at radius 2 is 2.12 bits per heavy atom. The monoisotopic (exact) mass is 219 g/mol. The summed E-state index contributed by atoms with van der Waals surface area (Å²) in [4.78, 5) is 10.4. The summed E-state index contributed by atoms with van der Waals surface area (Å²) in [5.74, 6) is -0.312. The Kier molecular flexibility index (Phi) is 6.48. The normalized spacial score (nSPS) is 10.0. The van der Waals surface area contributed by atoms with Crippen LogP contribution in [0.4, 0.5) is 0 Å². The van der Waals surface area contributed by atoms with Crippen LogP contribution in [0.3, 0.4) is 0 Å². The first kappa shape index (κ1) is 12.2. The van der Waals surface area contributed by atoms with Gasteiger partial charge in [0.2, 0.25) is 0 Å². The van der Waals surface area contributed by atoms with E-state index in [1.165, 1.54) is 6.55 Å². The molecule has 2 heteroatoms. The lowest BCUT2D eigenvalue weighted by molar-refractivity contribution is -0.138. The van der Waals surface area contributed by atoms with Crippen LogP contribution in [0.25, 0.3) is 6.08 Å². The van der Waals surface area contributed by atoms with Crippen molar-refractivity contribution in [2.75, 3.05) is 6.61 Å². The molecule has 0 aromatic heterocycles. The van der Waals surface area contributed by atoms with Crippen LogP contribution in [0.15, 0.2) is 49.0 Å². The Morgan fingerprint density at radius 1 is 1.50 bits per heavy atom. The highest BCUT2D eigenvalue weighted by Gasteiger charge is 1.98. The van der Waals surface area contributed by atoms with Gasteiger partial charge in [-0.05, 0) is 19.4 Å². The second-order valence-electron chi connectivity index (χ2n) is 3.08. The van der Waals surface area contributed by atoms with E-state index in [2.05, 4.69) is 11.3 Å². The quantitative estimate of drug-likeness (QED) is 0.575. The van der Waals surface area contributed by atoms with Gasteiger partial charge in [-0.25, -0.2) is 4.79 Å². The molecule has 86 valence electrons. The fourth-order valence-corrected chi connectivity index (χ4v) is 0.818. The topological polar surface area (TPSA) is 26.3 Å². The number of carbonyl (C=O) groups is 1. The fourth-order valence-electron chi connectivity index (χ4n) is 0.818. The second kappa shape index (κ2) is 8.48. The van der Waals surface area contributed by atoms with E-state index in [-0.39, 0.29) is 5.97 Å². The van der Waals surface area contributed by atoms with E-state index in [1.807, 2.05) is 30.3 Å². The molecule has 0 fully saturated rings. The molecule has 0 saturated carbocycles. The third-order valence-electron chi connectivity index (χ3n) is 1.62. The smallest absolute Gasteiger partial charge is 0.333 e. The van der Waals surface area contributed by atoms with Crippen LogP contribution in [0, 0.1) is 0 Å². The molecule has 1 aromatic rings. The lowest BCUT2D eigenvalue weighted by Gasteiger charge is -1.96. The Morgan fingerprint density at radius 3 is 2.50 bits per heavy atom. The van der Waals surface area contributed by atoms with Crippen molar-refractivity contribution in [1.82, 2.24) is 0 Å². The summed E-state index contributed by atoms with van der Waals surface area (Å²) in [6.07, 6.45) is 1.75. The molecule has 0 N–H and O–H groups in total. The molecule has 0 amide bonds. The lowest BCUT2D eigenvalue weighted by atomic mass is 10.2. The number of hydrogen-bond donors (Lipinski definition) is 0. The summed E-state index contributed by atoms with van der Waals surface area (Å²) in [5, 5.41) is 0. The molecular formula is C14H18O2. The van der Waals surface area contributed by atoms with Crippen molar-refractivity contribution >= 4 is 12.0 Å². The van der Waals surface area contributed by atoms with Crippen LogP contribution in [0.5, 0.6) is 0 Å². The predicted molar refractivity (Wildman–Crippen MR) is 68.0 cm³/mol. The highest BCUT2D eigenvalue weighted by molar-refractivity contribution is 5.86. The third kappa shape index (κ3) is 6.60. The molecule has 1 aromatic carbocycles. The van der Waals surface area contributed by atoms with Crippen LogP contribution in [0.2, 0.25) is 0 Å². The van der Waals surface area contributed by atoms with E-state index in [4.69, 9.17) is 1.37 Å². The van der Waals surface area contributed by atoms with Crippen LogP contribution >= 0.6 is 0 Å². The molecule has 1 rings (SSSR count). The van der Waals surface area contributed by atoms with Crippen molar-refractivity contribution in [2.45, 2.75) is 13.8 Å². The van der Waals surface area contributed by atoms with E-state index in [0.717, 1.165) is 5.56 Å². The van der Waals surface area contributed by atoms with E-state index in [0.29, 0.717) is 12.2 Å². The van der Waals surface area contributed by atoms with Gasteiger partial charge >= 0.3 is 5.97 Å². The molecule has 2 nitrogen and oxygen atoms in total. The van der Waals surface area contributed by atoms with Gasteiger partial charge in [-0.15, -0.1) is 0 Å². The summed E-state index contributed by atoms with van der Waals surface area (Å²) < 4.78 is 11.3. The van der Waals surface area contributed by atoms with Gasteiger partial charge in [0.15, 0.2) is 0 Å². The number of ether oxygens (including phenoxy) is 1. The van der Waals surface area contributed by atoms with Crippen molar-refractivity contribution in [2.24, 2.45) is 0 Å². The number of carbonyl (C=O) groups excluding carboxylic acids is 1. The average Bonchev–Trinajstić information content (AvgIpc) is 2.32. The van der Waals surface area contributed by atoms with Gasteiger partial charge in [-0.3, -0.25) is 0 Å². The van der Waals surface area contributed by atoms with Gasteiger partial charge < -0.3 is 4.74 Å². The molecule has 0 aliphatic heterocycles. The van der Waals surface area contributed by atoms with Gasteiger partial charge in [-0.2, -0.15) is 0 Å². The molecule has 0 atom stereocenters. The van der Waals surface area contributed by atoms with Crippen LogP contribution in [0.1, 0.15) is 20.8 Å². The second-order valence-corrected chi connectivity index (χ2v) is 3.08. The van der Waals surface area contributed by atoms with Crippen LogP contribution in [-0.4, -0.2) is 12.6 Å². The average molecular weight is 219 g/mol. The van der Waals surface area contributed by atoms with Crippen molar-refractivity contribution in [1.29, 1.82) is 0 Å². The zero-order chi connectivity index (χ0) is 13.1. The minimum absolute atomic E-state index is 0.312. The molecular weight excluding hydrogens is 200 g/mol. The van der Waals surface area contributed by atoms with Crippen molar-refractivity contribution in [3.8, 4) is 0 Å². The van der Waals surface area contributed by atoms with Gasteiger partial charge in [0.25, 0.3) is 0 Å². The standard InChI is InChI=1S/C8H8.C6H10O2/c1-2-8-6-4-3-5-7-8;1-4-8-6(7)5(2)3/h2-7H,1H2;2,4H2,1,3H3/i1D;/b2-1+;. The van der Waals surface area contributed by atoms with Crippen molar-refractivity contribution in [3.05, 3.63) is 54.6 Å². The first-order valence-corrected chi connectivity index (χ1v) is 5.04. The van der Waals surface area contributed by atoms with E-state index >= 15 is 0 Å². The molecule has 0 bridgehead atoms. The first-order chi connectivity index (χ1) is 8.11. The van der Waals surface area contributed by atoms with Crippen molar-refractivity contribution in [3.63, 3.8) is 0 Å². The summed E-state index contributed by atoms with van der Waals surface area (Å²) in [6.45, 7) is 8.50. The van der Waals surface area contributed by atoms with E-state index in [1.54, 1.807) is 19.9 Å². The summed E-state index contributed by atoms with van der Waals surface area (Å²) >= 11 is 0. The van der Waals surface area contributed by atoms with E-state index in [9.17, 15) is 4.79 Å². The third-order valence-corrected chi connectivity index (χ3v) is 1.62. The molecule has 16 heavy (non-hydrogen) atoms. The molecule has 0 radical (unpaired) electrons. The van der Waals surface area contributed by atoms with Gasteiger partial charge in [0.1, 0.15) is 0 Å². The minimum Gasteiger partial charge on any atom is -0.463 e. The van der Waals surface area contributed by atoms with Gasteiger partial charge in [-0.1, -0.05) is 49.5 Å². The fraction of sp³-hybridized carbons (Fsp3) is 0.214. The molecule has 0 spiro atoms. The molecule has 0 saturated heterocycles. The highest BCUT2D eigenvalue weighted by Crippen LogP contribution is 1.97. The number of benzene rings is 1. The zero-order valence-corrected chi connectivity index (χ0v) is 9.77. The highest BCUT2D eigenvalue weighted by atomic mass is 16.5. The lowest BCUT2D eigenvalue weighted by Crippen LogP contribution is -2.03. The summed E-state index contributed by atoms with van der Waals surface area (Å²) in [7, 11) is 0. The molecule has 0 aliphatic carbocycles. The van der Waals surface area contributed by atoms with Crippen LogP contribution in [-0.2, 0) is 9.53 Å². The molecule has 0 unspecified atom stereocenters. The van der Waals surface area contributed by atoms with E-state index < -0.39 is 0 Å². The maximum Gasteiger partial charge on any atom is 0.333 e.